The van der Waals surface area contributed by atoms with Crippen LogP contribution in [-0.4, -0.2) is 19.2 Å². The van der Waals surface area contributed by atoms with Crippen LogP contribution in [0.1, 0.15) is 16.8 Å². The summed E-state index contributed by atoms with van der Waals surface area (Å²) in [5.74, 6) is 2.09. The zero-order chi connectivity index (χ0) is 14.5. The molecule has 0 atom stereocenters. The van der Waals surface area contributed by atoms with Gasteiger partial charge in [-0.05, 0) is 37.1 Å². The van der Waals surface area contributed by atoms with Crippen LogP contribution in [0.2, 0.25) is 0 Å². The molecule has 0 aliphatic carbocycles. The molecule has 106 valence electrons. The van der Waals surface area contributed by atoms with Crippen molar-refractivity contribution < 1.29 is 14.2 Å². The SMILES string of the molecule is COc1ccnc(COc2cc(C)cc(C)c2)c1OC. The molecule has 1 aromatic carbocycles. The molecule has 1 aromatic heterocycles. The maximum absolute atomic E-state index is 5.80. The van der Waals surface area contributed by atoms with E-state index >= 15 is 0 Å². The third-order valence-corrected chi connectivity index (χ3v) is 2.94. The highest BCUT2D eigenvalue weighted by Crippen LogP contribution is 2.29. The molecule has 1 heterocycles. The Balaban J connectivity index is 2.18. The van der Waals surface area contributed by atoms with E-state index in [0.29, 0.717) is 23.8 Å². The number of hydrogen-bond donors (Lipinski definition) is 0. The van der Waals surface area contributed by atoms with Gasteiger partial charge in [0.1, 0.15) is 18.1 Å². The first-order chi connectivity index (χ1) is 9.63. The Morgan fingerprint density at radius 1 is 1.00 bits per heavy atom. The van der Waals surface area contributed by atoms with Crippen LogP contribution < -0.4 is 14.2 Å². The average molecular weight is 273 g/mol. The topological polar surface area (TPSA) is 40.6 Å². The summed E-state index contributed by atoms with van der Waals surface area (Å²) in [5, 5.41) is 0. The number of nitrogens with zero attached hydrogens (tertiary/aromatic N) is 1. The largest absolute Gasteiger partial charge is 0.493 e. The Morgan fingerprint density at radius 3 is 2.30 bits per heavy atom. The Morgan fingerprint density at radius 2 is 1.70 bits per heavy atom. The molecule has 0 N–H and O–H groups in total. The van der Waals surface area contributed by atoms with E-state index in [1.165, 1.54) is 11.1 Å². The molecule has 0 aliphatic heterocycles. The molecular formula is C16H19NO3. The van der Waals surface area contributed by atoms with Gasteiger partial charge < -0.3 is 14.2 Å². The smallest absolute Gasteiger partial charge is 0.185 e. The van der Waals surface area contributed by atoms with Crippen molar-refractivity contribution in [1.82, 2.24) is 4.98 Å². The quantitative estimate of drug-likeness (QED) is 0.838. The maximum Gasteiger partial charge on any atom is 0.185 e. The molecule has 0 fully saturated rings. The van der Waals surface area contributed by atoms with E-state index in [0.717, 1.165) is 5.75 Å². The van der Waals surface area contributed by atoms with Gasteiger partial charge in [0.15, 0.2) is 11.5 Å². The molecule has 0 unspecified atom stereocenters. The van der Waals surface area contributed by atoms with E-state index in [-0.39, 0.29) is 0 Å². The van der Waals surface area contributed by atoms with Crippen LogP contribution in [0.5, 0.6) is 17.2 Å². The van der Waals surface area contributed by atoms with E-state index in [1.54, 1.807) is 26.5 Å². The summed E-state index contributed by atoms with van der Waals surface area (Å²) in [5.41, 5.74) is 3.06. The molecule has 0 saturated heterocycles. The molecule has 0 saturated carbocycles. The number of ether oxygens (including phenoxy) is 3. The molecule has 0 radical (unpaired) electrons. The normalized spacial score (nSPS) is 10.2. The van der Waals surface area contributed by atoms with Crippen LogP contribution in [0.25, 0.3) is 0 Å². The van der Waals surface area contributed by atoms with E-state index in [9.17, 15) is 0 Å². The Kier molecular flexibility index (Phi) is 4.45. The fraction of sp³-hybridized carbons (Fsp3) is 0.312. The Labute approximate surface area is 119 Å². The second kappa shape index (κ2) is 6.28. The highest BCUT2D eigenvalue weighted by atomic mass is 16.5. The number of hydrogen-bond acceptors (Lipinski definition) is 4. The van der Waals surface area contributed by atoms with Crippen LogP contribution in [0.4, 0.5) is 0 Å². The van der Waals surface area contributed by atoms with Crippen LogP contribution in [0.15, 0.2) is 30.5 Å². The molecule has 0 spiro atoms. The van der Waals surface area contributed by atoms with Gasteiger partial charge in [0.2, 0.25) is 0 Å². The highest BCUT2D eigenvalue weighted by Gasteiger charge is 2.11. The van der Waals surface area contributed by atoms with Gasteiger partial charge in [0, 0.05) is 12.3 Å². The molecular weight excluding hydrogens is 254 g/mol. The average Bonchev–Trinajstić information content (AvgIpc) is 2.43. The van der Waals surface area contributed by atoms with Crippen molar-refractivity contribution in [3.05, 3.63) is 47.3 Å². The molecule has 0 bridgehead atoms. The first-order valence-corrected chi connectivity index (χ1v) is 6.41. The first-order valence-electron chi connectivity index (χ1n) is 6.41. The van der Waals surface area contributed by atoms with Gasteiger partial charge >= 0.3 is 0 Å². The lowest BCUT2D eigenvalue weighted by Gasteiger charge is -2.13. The van der Waals surface area contributed by atoms with Gasteiger partial charge in [-0.25, -0.2) is 0 Å². The van der Waals surface area contributed by atoms with Gasteiger partial charge in [0.25, 0.3) is 0 Å². The zero-order valence-corrected chi connectivity index (χ0v) is 12.3. The molecule has 2 aromatic rings. The fourth-order valence-corrected chi connectivity index (χ4v) is 2.12. The molecule has 0 aliphatic rings. The number of methoxy groups -OCH3 is 2. The summed E-state index contributed by atoms with van der Waals surface area (Å²) < 4.78 is 16.4. The van der Waals surface area contributed by atoms with Crippen molar-refractivity contribution in [2.75, 3.05) is 14.2 Å². The standard InChI is InChI=1S/C16H19NO3/c1-11-7-12(2)9-13(8-11)20-10-14-16(19-4)15(18-3)5-6-17-14/h5-9H,10H2,1-4H3. The van der Waals surface area contributed by atoms with Crippen LogP contribution in [-0.2, 0) is 6.61 Å². The lowest BCUT2D eigenvalue weighted by molar-refractivity contribution is 0.284. The predicted octanol–water partition coefficient (Wildman–Crippen LogP) is 3.29. The predicted molar refractivity (Wildman–Crippen MR) is 77.6 cm³/mol. The number of aromatic nitrogens is 1. The first kappa shape index (κ1) is 14.2. The molecule has 4 heteroatoms. The summed E-state index contributed by atoms with van der Waals surface area (Å²) in [7, 11) is 3.20. The van der Waals surface area contributed by atoms with Gasteiger partial charge in [-0.3, -0.25) is 4.98 Å². The van der Waals surface area contributed by atoms with Crippen LogP contribution >= 0.6 is 0 Å². The van der Waals surface area contributed by atoms with Crippen molar-refractivity contribution in [2.45, 2.75) is 20.5 Å². The zero-order valence-electron chi connectivity index (χ0n) is 12.3. The van der Waals surface area contributed by atoms with Gasteiger partial charge in [-0.2, -0.15) is 0 Å². The van der Waals surface area contributed by atoms with Crippen LogP contribution in [0.3, 0.4) is 0 Å². The number of rotatable bonds is 5. The van der Waals surface area contributed by atoms with Crippen molar-refractivity contribution in [1.29, 1.82) is 0 Å². The van der Waals surface area contributed by atoms with Gasteiger partial charge in [-0.1, -0.05) is 6.07 Å². The summed E-state index contributed by atoms with van der Waals surface area (Å²) in [6.07, 6.45) is 1.68. The lowest BCUT2D eigenvalue weighted by Crippen LogP contribution is -2.03. The minimum atomic E-state index is 0.337. The van der Waals surface area contributed by atoms with Crippen molar-refractivity contribution in [3.63, 3.8) is 0 Å². The second-order valence-electron chi connectivity index (χ2n) is 4.61. The van der Waals surface area contributed by atoms with Crippen LogP contribution in [0, 0.1) is 13.8 Å². The summed E-state index contributed by atoms with van der Waals surface area (Å²) in [6, 6.07) is 7.87. The van der Waals surface area contributed by atoms with Crippen molar-refractivity contribution in [2.24, 2.45) is 0 Å². The van der Waals surface area contributed by atoms with E-state index in [4.69, 9.17) is 14.2 Å². The van der Waals surface area contributed by atoms with Gasteiger partial charge in [-0.15, -0.1) is 0 Å². The summed E-state index contributed by atoms with van der Waals surface area (Å²) >= 11 is 0. The minimum Gasteiger partial charge on any atom is -0.493 e. The number of pyridine rings is 1. The molecule has 4 nitrogen and oxygen atoms in total. The Bertz CT molecular complexity index is 576. The lowest BCUT2D eigenvalue weighted by atomic mass is 10.1. The summed E-state index contributed by atoms with van der Waals surface area (Å²) in [4.78, 5) is 4.29. The minimum absolute atomic E-state index is 0.337. The summed E-state index contributed by atoms with van der Waals surface area (Å²) in [6.45, 7) is 4.43. The van der Waals surface area contributed by atoms with E-state index < -0.39 is 0 Å². The van der Waals surface area contributed by atoms with Crippen molar-refractivity contribution in [3.8, 4) is 17.2 Å². The molecule has 0 amide bonds. The number of aryl methyl sites for hydroxylation is 2. The molecule has 2 rings (SSSR count). The monoisotopic (exact) mass is 273 g/mol. The third kappa shape index (κ3) is 3.20. The Hall–Kier alpha value is -2.23. The number of benzene rings is 1. The third-order valence-electron chi connectivity index (χ3n) is 2.94. The maximum atomic E-state index is 5.80. The second-order valence-corrected chi connectivity index (χ2v) is 4.61. The van der Waals surface area contributed by atoms with E-state index in [1.807, 2.05) is 26.0 Å². The highest BCUT2D eigenvalue weighted by molar-refractivity contribution is 5.42. The molecule has 20 heavy (non-hydrogen) atoms. The van der Waals surface area contributed by atoms with Crippen molar-refractivity contribution >= 4 is 0 Å². The van der Waals surface area contributed by atoms with E-state index in [2.05, 4.69) is 11.1 Å². The fourth-order valence-electron chi connectivity index (χ4n) is 2.12. The van der Waals surface area contributed by atoms with Gasteiger partial charge in [0.05, 0.1) is 14.2 Å².